The Hall–Kier alpha value is -1.83. The maximum atomic E-state index is 13.2. The van der Waals surface area contributed by atoms with Gasteiger partial charge in [0.05, 0.1) is 13.0 Å². The molecule has 2 atom stereocenters. The molecule has 1 fully saturated rings. The fraction of sp³-hybridized carbons (Fsp3) is 0.364. The van der Waals surface area contributed by atoms with E-state index < -0.39 is 4.75 Å². The van der Waals surface area contributed by atoms with Crippen LogP contribution in [0.25, 0.3) is 0 Å². The molecule has 1 heterocycles. The number of halogens is 1. The summed E-state index contributed by atoms with van der Waals surface area (Å²) >= 11 is 4.85. The summed E-state index contributed by atoms with van der Waals surface area (Å²) in [5.41, 5.74) is 2.16. The third-order valence-electron chi connectivity index (χ3n) is 4.92. The summed E-state index contributed by atoms with van der Waals surface area (Å²) in [7, 11) is 0. The van der Waals surface area contributed by atoms with Crippen molar-refractivity contribution in [2.45, 2.75) is 42.5 Å². The highest BCUT2D eigenvalue weighted by Crippen LogP contribution is 2.41. The molecule has 0 bridgehead atoms. The Bertz CT molecular complexity index is 873. The van der Waals surface area contributed by atoms with E-state index in [2.05, 4.69) is 21.2 Å². The van der Waals surface area contributed by atoms with Crippen LogP contribution in [0.1, 0.15) is 24.5 Å². The Kier molecular flexibility index (Phi) is 7.03. The van der Waals surface area contributed by atoms with Crippen molar-refractivity contribution in [1.29, 1.82) is 0 Å². The number of hydrogen-bond acceptors (Lipinski definition) is 4. The molecular formula is C22H25BrN2O3S. The zero-order valence-electron chi connectivity index (χ0n) is 16.5. The molecule has 0 radical (unpaired) electrons. The fourth-order valence-corrected chi connectivity index (χ4v) is 4.82. The minimum atomic E-state index is -0.925. The summed E-state index contributed by atoms with van der Waals surface area (Å²) in [5, 5.41) is 12.2. The van der Waals surface area contributed by atoms with Crippen molar-refractivity contribution in [3.8, 4) is 0 Å². The minimum Gasteiger partial charge on any atom is -0.394 e. The lowest BCUT2D eigenvalue weighted by molar-refractivity contribution is -0.129. The standard InChI is InChI=1S/C22H25BrN2O3S/c1-15-3-9-19(10-4-15)29-22(21(28)24-16(2)13-26)11-20(27)25(14-22)12-17-5-7-18(23)8-6-17/h3-10,16,26H,11-14H2,1-2H3,(H,24,28). The van der Waals surface area contributed by atoms with E-state index >= 15 is 0 Å². The van der Waals surface area contributed by atoms with Crippen molar-refractivity contribution in [2.24, 2.45) is 0 Å². The van der Waals surface area contributed by atoms with Gasteiger partial charge in [-0.2, -0.15) is 0 Å². The first-order valence-electron chi connectivity index (χ1n) is 9.51. The molecule has 5 nitrogen and oxygen atoms in total. The summed E-state index contributed by atoms with van der Waals surface area (Å²) in [6.45, 7) is 4.40. The number of carbonyl (C=O) groups is 2. The normalized spacial score (nSPS) is 20.0. The first kappa shape index (κ1) is 21.9. The Morgan fingerprint density at radius 2 is 1.90 bits per heavy atom. The van der Waals surface area contributed by atoms with Crippen LogP contribution in [-0.4, -0.2) is 45.8 Å². The van der Waals surface area contributed by atoms with Crippen molar-refractivity contribution in [2.75, 3.05) is 13.2 Å². The van der Waals surface area contributed by atoms with Crippen LogP contribution >= 0.6 is 27.7 Å². The van der Waals surface area contributed by atoms with Gasteiger partial charge in [0.25, 0.3) is 0 Å². The third-order valence-corrected chi connectivity index (χ3v) is 6.81. The van der Waals surface area contributed by atoms with Gasteiger partial charge >= 0.3 is 0 Å². The molecule has 3 rings (SSSR count). The summed E-state index contributed by atoms with van der Waals surface area (Å²) in [6.07, 6.45) is 0.131. The predicted octanol–water partition coefficient (Wildman–Crippen LogP) is 3.52. The molecule has 2 aromatic rings. The Morgan fingerprint density at radius 1 is 1.24 bits per heavy atom. The second-order valence-corrected chi connectivity index (χ2v) is 9.89. The van der Waals surface area contributed by atoms with Gasteiger partial charge in [-0.25, -0.2) is 0 Å². The Balaban J connectivity index is 1.84. The molecule has 2 aromatic carbocycles. The summed E-state index contributed by atoms with van der Waals surface area (Å²) in [6, 6.07) is 15.4. The maximum absolute atomic E-state index is 13.2. The van der Waals surface area contributed by atoms with Gasteiger partial charge in [-0.3, -0.25) is 9.59 Å². The molecule has 2 N–H and O–H groups in total. The monoisotopic (exact) mass is 476 g/mol. The number of aliphatic hydroxyl groups is 1. The number of carbonyl (C=O) groups excluding carboxylic acids is 2. The van der Waals surface area contributed by atoms with Gasteiger partial charge in [0.2, 0.25) is 11.8 Å². The summed E-state index contributed by atoms with van der Waals surface area (Å²) in [4.78, 5) is 28.7. The molecule has 1 aliphatic rings. The van der Waals surface area contributed by atoms with Crippen LogP contribution in [0.4, 0.5) is 0 Å². The highest BCUT2D eigenvalue weighted by atomic mass is 79.9. The van der Waals surface area contributed by atoms with Crippen molar-refractivity contribution < 1.29 is 14.7 Å². The lowest BCUT2D eigenvalue weighted by Gasteiger charge is -2.28. The average molecular weight is 477 g/mol. The first-order valence-corrected chi connectivity index (χ1v) is 11.1. The van der Waals surface area contributed by atoms with Crippen molar-refractivity contribution in [1.82, 2.24) is 10.2 Å². The van der Waals surface area contributed by atoms with Crippen LogP contribution in [0, 0.1) is 6.92 Å². The number of rotatable bonds is 7. The number of benzene rings is 2. The number of aryl methyl sites for hydroxylation is 1. The van der Waals surface area contributed by atoms with Gasteiger partial charge < -0.3 is 15.3 Å². The van der Waals surface area contributed by atoms with E-state index in [1.807, 2.05) is 55.5 Å². The van der Waals surface area contributed by atoms with Crippen LogP contribution in [0.2, 0.25) is 0 Å². The topological polar surface area (TPSA) is 69.6 Å². The Labute approximate surface area is 184 Å². The largest absolute Gasteiger partial charge is 0.394 e. The van der Waals surface area contributed by atoms with Gasteiger partial charge in [-0.15, -0.1) is 11.8 Å². The van der Waals surface area contributed by atoms with Crippen LogP contribution in [0.3, 0.4) is 0 Å². The second-order valence-electron chi connectivity index (χ2n) is 7.52. The van der Waals surface area contributed by atoms with Crippen LogP contribution in [0.5, 0.6) is 0 Å². The smallest absolute Gasteiger partial charge is 0.239 e. The molecule has 1 saturated heterocycles. The minimum absolute atomic E-state index is 0.0423. The number of aliphatic hydroxyl groups excluding tert-OH is 1. The van der Waals surface area contributed by atoms with Crippen molar-refractivity contribution >= 4 is 39.5 Å². The highest BCUT2D eigenvalue weighted by Gasteiger charge is 2.50. The molecule has 1 aliphatic heterocycles. The number of hydrogen-bond donors (Lipinski definition) is 2. The number of nitrogens with one attached hydrogen (secondary N) is 1. The lowest BCUT2D eigenvalue weighted by atomic mass is 10.1. The van der Waals surface area contributed by atoms with E-state index in [4.69, 9.17) is 0 Å². The van der Waals surface area contributed by atoms with Gasteiger partial charge in [0.1, 0.15) is 4.75 Å². The number of likely N-dealkylation sites (tertiary alicyclic amines) is 1. The van der Waals surface area contributed by atoms with Crippen LogP contribution < -0.4 is 5.32 Å². The fourth-order valence-electron chi connectivity index (χ4n) is 3.26. The first-order chi connectivity index (χ1) is 13.8. The SMILES string of the molecule is Cc1ccc(SC2(C(=O)NC(C)CO)CC(=O)N(Cc3ccc(Br)cc3)C2)cc1. The van der Waals surface area contributed by atoms with Gasteiger partial charge in [0, 0.05) is 28.5 Å². The van der Waals surface area contributed by atoms with Crippen LogP contribution in [0.15, 0.2) is 57.9 Å². The average Bonchev–Trinajstić information content (AvgIpc) is 3.01. The maximum Gasteiger partial charge on any atom is 0.239 e. The van der Waals surface area contributed by atoms with Crippen LogP contribution in [-0.2, 0) is 16.1 Å². The zero-order valence-corrected chi connectivity index (χ0v) is 18.9. The van der Waals surface area contributed by atoms with Crippen molar-refractivity contribution in [3.05, 3.63) is 64.1 Å². The van der Waals surface area contributed by atoms with Gasteiger partial charge in [-0.1, -0.05) is 45.8 Å². The van der Waals surface area contributed by atoms with E-state index in [9.17, 15) is 14.7 Å². The van der Waals surface area contributed by atoms with Crippen molar-refractivity contribution in [3.63, 3.8) is 0 Å². The lowest BCUT2D eigenvalue weighted by Crippen LogP contribution is -2.49. The molecule has 0 aromatic heterocycles. The quantitative estimate of drug-likeness (QED) is 0.641. The molecular weight excluding hydrogens is 452 g/mol. The summed E-state index contributed by atoms with van der Waals surface area (Å²) in [5.74, 6) is -0.254. The molecule has 0 saturated carbocycles. The van der Waals surface area contributed by atoms with E-state index in [0.717, 1.165) is 20.5 Å². The van der Waals surface area contributed by atoms with E-state index in [1.165, 1.54) is 11.8 Å². The molecule has 7 heteroatoms. The van der Waals surface area contributed by atoms with Gasteiger partial charge in [-0.05, 0) is 43.7 Å². The summed E-state index contributed by atoms with van der Waals surface area (Å²) < 4.78 is 0.0566. The van der Waals surface area contributed by atoms with E-state index in [1.54, 1.807) is 11.8 Å². The molecule has 154 valence electrons. The zero-order chi connectivity index (χ0) is 21.0. The molecule has 2 amide bonds. The molecule has 0 spiro atoms. The molecule has 0 aliphatic carbocycles. The number of amides is 2. The van der Waals surface area contributed by atoms with E-state index in [-0.39, 0.29) is 30.9 Å². The predicted molar refractivity (Wildman–Crippen MR) is 119 cm³/mol. The number of nitrogens with zero attached hydrogens (tertiary/aromatic N) is 1. The van der Waals surface area contributed by atoms with Gasteiger partial charge in [0.15, 0.2) is 0 Å². The third kappa shape index (κ3) is 5.41. The second kappa shape index (κ2) is 9.32. The van der Waals surface area contributed by atoms with E-state index in [0.29, 0.717) is 13.1 Å². The Morgan fingerprint density at radius 3 is 2.52 bits per heavy atom. The number of thioether (sulfide) groups is 1. The molecule has 29 heavy (non-hydrogen) atoms. The molecule has 2 unspecified atom stereocenters. The highest BCUT2D eigenvalue weighted by molar-refractivity contribution is 9.10.